The molecule has 0 aromatic heterocycles. The summed E-state index contributed by atoms with van der Waals surface area (Å²) in [6.45, 7) is 0.576. The SMILES string of the molecule is N#Cc1cccc(NCC2CCC(O)C2)c1[N+](=O)[O-]. The van der Waals surface area contributed by atoms with Crippen LogP contribution in [-0.4, -0.2) is 22.7 Å². The number of nitriles is 1. The number of nitro groups is 1. The molecule has 6 nitrogen and oxygen atoms in total. The van der Waals surface area contributed by atoms with Gasteiger partial charge in [0.1, 0.15) is 17.3 Å². The molecule has 0 spiro atoms. The van der Waals surface area contributed by atoms with Crippen LogP contribution in [0.1, 0.15) is 24.8 Å². The first-order chi connectivity index (χ1) is 9.11. The van der Waals surface area contributed by atoms with Crippen molar-refractivity contribution in [2.24, 2.45) is 5.92 Å². The average molecular weight is 261 g/mol. The molecule has 1 aliphatic carbocycles. The Hall–Kier alpha value is -2.13. The van der Waals surface area contributed by atoms with E-state index >= 15 is 0 Å². The monoisotopic (exact) mass is 261 g/mol. The quantitative estimate of drug-likeness (QED) is 0.638. The third-order valence-electron chi connectivity index (χ3n) is 3.43. The van der Waals surface area contributed by atoms with E-state index in [9.17, 15) is 15.2 Å². The number of rotatable bonds is 4. The second-order valence-corrected chi connectivity index (χ2v) is 4.78. The van der Waals surface area contributed by atoms with Crippen molar-refractivity contribution in [3.05, 3.63) is 33.9 Å². The lowest BCUT2D eigenvalue weighted by atomic mass is 10.1. The van der Waals surface area contributed by atoms with E-state index < -0.39 is 4.92 Å². The maximum Gasteiger partial charge on any atom is 0.309 e. The molecular formula is C13H15N3O3. The summed E-state index contributed by atoms with van der Waals surface area (Å²) in [7, 11) is 0. The van der Waals surface area contributed by atoms with E-state index in [1.165, 1.54) is 6.07 Å². The lowest BCUT2D eigenvalue weighted by Crippen LogP contribution is -2.13. The largest absolute Gasteiger partial charge is 0.393 e. The van der Waals surface area contributed by atoms with Crippen molar-refractivity contribution in [2.45, 2.75) is 25.4 Å². The predicted octanol–water partition coefficient (Wildman–Crippen LogP) is 2.04. The third-order valence-corrected chi connectivity index (χ3v) is 3.43. The number of hydrogen-bond donors (Lipinski definition) is 2. The Morgan fingerprint density at radius 3 is 2.89 bits per heavy atom. The fourth-order valence-corrected chi connectivity index (χ4v) is 2.46. The molecule has 2 rings (SSSR count). The number of aliphatic hydroxyl groups excluding tert-OH is 1. The van der Waals surface area contributed by atoms with Crippen LogP contribution in [0.3, 0.4) is 0 Å². The molecule has 19 heavy (non-hydrogen) atoms. The molecule has 1 fully saturated rings. The molecule has 0 amide bonds. The lowest BCUT2D eigenvalue weighted by Gasteiger charge is -2.12. The zero-order valence-electron chi connectivity index (χ0n) is 10.4. The summed E-state index contributed by atoms with van der Waals surface area (Å²) in [4.78, 5) is 10.5. The fraction of sp³-hybridized carbons (Fsp3) is 0.462. The van der Waals surface area contributed by atoms with Gasteiger partial charge in [-0.25, -0.2) is 0 Å². The van der Waals surface area contributed by atoms with Crippen LogP contribution in [0.15, 0.2) is 18.2 Å². The van der Waals surface area contributed by atoms with Gasteiger partial charge in [-0.2, -0.15) is 5.26 Å². The Morgan fingerprint density at radius 2 is 2.32 bits per heavy atom. The minimum absolute atomic E-state index is 0.0569. The molecule has 0 saturated heterocycles. The van der Waals surface area contributed by atoms with E-state index in [2.05, 4.69) is 5.32 Å². The molecule has 0 aliphatic heterocycles. The Morgan fingerprint density at radius 1 is 1.53 bits per heavy atom. The van der Waals surface area contributed by atoms with E-state index in [4.69, 9.17) is 5.26 Å². The highest BCUT2D eigenvalue weighted by atomic mass is 16.6. The summed E-state index contributed by atoms with van der Waals surface area (Å²) in [5, 5.41) is 32.4. The van der Waals surface area contributed by atoms with Crippen molar-refractivity contribution >= 4 is 11.4 Å². The Kier molecular flexibility index (Phi) is 3.97. The molecule has 2 unspecified atom stereocenters. The van der Waals surface area contributed by atoms with Gasteiger partial charge in [-0.15, -0.1) is 0 Å². The lowest BCUT2D eigenvalue weighted by molar-refractivity contribution is -0.384. The maximum atomic E-state index is 11.0. The van der Waals surface area contributed by atoms with Crippen LogP contribution in [0, 0.1) is 27.4 Å². The van der Waals surface area contributed by atoms with E-state index in [0.717, 1.165) is 19.3 Å². The third kappa shape index (κ3) is 3.01. The van der Waals surface area contributed by atoms with Gasteiger partial charge in [0.15, 0.2) is 0 Å². The highest BCUT2D eigenvalue weighted by Crippen LogP contribution is 2.30. The number of para-hydroxylation sites is 1. The number of nitrogens with one attached hydrogen (secondary N) is 1. The standard InChI is InChI=1S/C13H15N3O3/c14-7-10-2-1-3-12(13(10)16(18)19)15-8-9-4-5-11(17)6-9/h1-3,9,11,15,17H,4-6,8H2. The van der Waals surface area contributed by atoms with Crippen molar-refractivity contribution in [1.29, 1.82) is 5.26 Å². The molecule has 1 saturated carbocycles. The van der Waals surface area contributed by atoms with Gasteiger partial charge in [0, 0.05) is 6.54 Å². The zero-order valence-corrected chi connectivity index (χ0v) is 10.4. The van der Waals surface area contributed by atoms with E-state index in [-0.39, 0.29) is 17.4 Å². The molecule has 0 heterocycles. The van der Waals surface area contributed by atoms with Gasteiger partial charge >= 0.3 is 5.69 Å². The average Bonchev–Trinajstić information content (AvgIpc) is 2.81. The molecule has 0 radical (unpaired) electrons. The molecule has 6 heteroatoms. The van der Waals surface area contributed by atoms with Gasteiger partial charge in [0.2, 0.25) is 0 Å². The fourth-order valence-electron chi connectivity index (χ4n) is 2.46. The van der Waals surface area contributed by atoms with Crippen LogP contribution in [0.25, 0.3) is 0 Å². The molecule has 0 bridgehead atoms. The minimum Gasteiger partial charge on any atom is -0.393 e. The number of hydrogen-bond acceptors (Lipinski definition) is 5. The zero-order chi connectivity index (χ0) is 13.8. The van der Waals surface area contributed by atoms with E-state index in [1.807, 2.05) is 6.07 Å². The summed E-state index contributed by atoms with van der Waals surface area (Å²) < 4.78 is 0. The Labute approximate surface area is 110 Å². The second kappa shape index (κ2) is 5.67. The normalized spacial score (nSPS) is 21.9. The number of nitrogens with zero attached hydrogens (tertiary/aromatic N) is 2. The first-order valence-electron chi connectivity index (χ1n) is 6.21. The van der Waals surface area contributed by atoms with Crippen molar-refractivity contribution in [1.82, 2.24) is 0 Å². The molecular weight excluding hydrogens is 246 g/mol. The summed E-state index contributed by atoms with van der Waals surface area (Å²) in [6, 6.07) is 6.49. The number of aliphatic hydroxyl groups is 1. The first kappa shape index (κ1) is 13.3. The van der Waals surface area contributed by atoms with Gasteiger partial charge < -0.3 is 10.4 Å². The van der Waals surface area contributed by atoms with Crippen LogP contribution in [0.2, 0.25) is 0 Å². The summed E-state index contributed by atoms with van der Waals surface area (Å²) in [5.41, 5.74) is 0.246. The summed E-state index contributed by atoms with van der Waals surface area (Å²) >= 11 is 0. The molecule has 1 aliphatic rings. The van der Waals surface area contributed by atoms with Crippen LogP contribution < -0.4 is 5.32 Å². The van der Waals surface area contributed by atoms with E-state index in [0.29, 0.717) is 18.2 Å². The van der Waals surface area contributed by atoms with Gasteiger partial charge in [0.05, 0.1) is 11.0 Å². The first-order valence-corrected chi connectivity index (χ1v) is 6.21. The molecule has 1 aromatic carbocycles. The van der Waals surface area contributed by atoms with Crippen molar-refractivity contribution < 1.29 is 10.0 Å². The number of nitro benzene ring substituents is 1. The highest BCUT2D eigenvalue weighted by molar-refractivity contribution is 5.68. The van der Waals surface area contributed by atoms with Gasteiger partial charge in [-0.05, 0) is 37.3 Å². The van der Waals surface area contributed by atoms with Gasteiger partial charge in [0.25, 0.3) is 0 Å². The highest BCUT2D eigenvalue weighted by Gasteiger charge is 2.24. The van der Waals surface area contributed by atoms with Crippen molar-refractivity contribution in [3.8, 4) is 6.07 Å². The smallest absolute Gasteiger partial charge is 0.309 e. The molecule has 2 N–H and O–H groups in total. The summed E-state index contributed by atoms with van der Waals surface area (Å²) in [5.74, 6) is 0.320. The number of anilines is 1. The molecule has 1 aromatic rings. The van der Waals surface area contributed by atoms with Crippen LogP contribution in [0.5, 0.6) is 0 Å². The summed E-state index contributed by atoms with van der Waals surface area (Å²) in [6.07, 6.45) is 2.16. The maximum absolute atomic E-state index is 11.0. The van der Waals surface area contributed by atoms with Crippen LogP contribution >= 0.6 is 0 Å². The topological polar surface area (TPSA) is 99.2 Å². The van der Waals surface area contributed by atoms with Crippen molar-refractivity contribution in [2.75, 3.05) is 11.9 Å². The Bertz CT molecular complexity index is 524. The van der Waals surface area contributed by atoms with Gasteiger partial charge in [-0.3, -0.25) is 10.1 Å². The number of benzene rings is 1. The second-order valence-electron chi connectivity index (χ2n) is 4.78. The van der Waals surface area contributed by atoms with E-state index in [1.54, 1.807) is 12.1 Å². The van der Waals surface area contributed by atoms with Gasteiger partial charge in [-0.1, -0.05) is 6.07 Å². The minimum atomic E-state index is -0.537. The molecule has 2 atom stereocenters. The molecule has 100 valence electrons. The van der Waals surface area contributed by atoms with Crippen molar-refractivity contribution in [3.63, 3.8) is 0 Å². The van der Waals surface area contributed by atoms with Crippen LogP contribution in [-0.2, 0) is 0 Å². The van der Waals surface area contributed by atoms with Crippen LogP contribution in [0.4, 0.5) is 11.4 Å². The Balaban J connectivity index is 2.12. The predicted molar refractivity (Wildman–Crippen MR) is 69.6 cm³/mol.